The van der Waals surface area contributed by atoms with Crippen molar-refractivity contribution in [3.05, 3.63) is 24.3 Å². The number of hydrogen-bond donors (Lipinski definition) is 1. The summed E-state index contributed by atoms with van der Waals surface area (Å²) >= 11 is 11.3. The molecule has 0 radical (unpaired) electrons. The molecule has 1 aliphatic rings. The van der Waals surface area contributed by atoms with Crippen LogP contribution in [0.5, 0.6) is 0 Å². The largest absolute Gasteiger partial charge is 0.324 e. The van der Waals surface area contributed by atoms with Gasteiger partial charge in [0.1, 0.15) is 0 Å². The molecule has 0 aliphatic carbocycles. The molecule has 96 valence electrons. The maximum atomic E-state index is 12.1. The Morgan fingerprint density at radius 2 is 2.11 bits per heavy atom. The van der Waals surface area contributed by atoms with Crippen LogP contribution in [0.15, 0.2) is 24.3 Å². The smallest absolute Gasteiger partial charge is 0.260 e. The van der Waals surface area contributed by atoms with Gasteiger partial charge in [0.05, 0.1) is 11.4 Å². The topological polar surface area (TPSA) is 49.4 Å². The monoisotopic (exact) mass is 286 g/mol. The van der Waals surface area contributed by atoms with Crippen LogP contribution >= 0.6 is 23.2 Å². The van der Waals surface area contributed by atoms with Crippen molar-refractivity contribution in [1.82, 2.24) is 0 Å². The number of carbonyl (C=O) groups is 2. The van der Waals surface area contributed by atoms with E-state index in [1.165, 1.54) is 4.90 Å². The number of benzene rings is 1. The average Bonchev–Trinajstić information content (AvgIpc) is 2.42. The second-order valence-corrected chi connectivity index (χ2v) is 5.22. The highest BCUT2D eigenvalue weighted by Crippen LogP contribution is 2.32. The van der Waals surface area contributed by atoms with Gasteiger partial charge in [-0.1, -0.05) is 35.3 Å². The third-order valence-electron chi connectivity index (χ3n) is 2.78. The number of para-hydroxylation sites is 2. The number of halogens is 2. The lowest BCUT2D eigenvalue weighted by molar-refractivity contribution is -0.118. The minimum absolute atomic E-state index is 0.133. The van der Waals surface area contributed by atoms with Crippen molar-refractivity contribution >= 4 is 46.4 Å². The van der Waals surface area contributed by atoms with E-state index >= 15 is 0 Å². The van der Waals surface area contributed by atoms with E-state index in [0.717, 1.165) is 0 Å². The molecule has 0 spiro atoms. The average molecular weight is 287 g/mol. The van der Waals surface area contributed by atoms with E-state index in [4.69, 9.17) is 23.2 Å². The van der Waals surface area contributed by atoms with Gasteiger partial charge >= 0.3 is 0 Å². The first-order chi connectivity index (χ1) is 8.50. The molecule has 1 atom stereocenters. The van der Waals surface area contributed by atoms with Crippen molar-refractivity contribution in [1.29, 1.82) is 0 Å². The summed E-state index contributed by atoms with van der Waals surface area (Å²) in [6.07, 6.45) is 0.209. The molecule has 2 amide bonds. The van der Waals surface area contributed by atoms with E-state index in [1.807, 2.05) is 0 Å². The second kappa shape index (κ2) is 5.16. The van der Waals surface area contributed by atoms with E-state index in [-0.39, 0.29) is 18.4 Å². The van der Waals surface area contributed by atoms with Gasteiger partial charge in [-0.2, -0.15) is 0 Å². The van der Waals surface area contributed by atoms with E-state index in [9.17, 15) is 9.59 Å². The van der Waals surface area contributed by atoms with E-state index in [2.05, 4.69) is 5.32 Å². The summed E-state index contributed by atoms with van der Waals surface area (Å²) in [6.45, 7) is 1.79. The molecule has 1 aromatic rings. The molecule has 1 N–H and O–H groups in total. The number of rotatable bonds is 1. The van der Waals surface area contributed by atoms with Crippen LogP contribution in [0.25, 0.3) is 0 Å². The third kappa shape index (κ3) is 2.44. The van der Waals surface area contributed by atoms with E-state index < -0.39 is 10.7 Å². The van der Waals surface area contributed by atoms with E-state index in [1.54, 1.807) is 31.2 Å². The predicted molar refractivity (Wildman–Crippen MR) is 72.1 cm³/mol. The molecule has 1 heterocycles. The van der Waals surface area contributed by atoms with Crippen LogP contribution in [0.3, 0.4) is 0 Å². The van der Waals surface area contributed by atoms with Gasteiger partial charge < -0.3 is 10.2 Å². The van der Waals surface area contributed by atoms with Crippen molar-refractivity contribution < 1.29 is 9.59 Å². The van der Waals surface area contributed by atoms with Crippen LogP contribution in [0, 0.1) is 0 Å². The minimum atomic E-state index is -1.14. The zero-order chi connectivity index (χ0) is 13.3. The Balaban J connectivity index is 2.50. The van der Waals surface area contributed by atoms with Crippen LogP contribution in [-0.2, 0) is 9.59 Å². The predicted octanol–water partition coefficient (Wildman–Crippen LogP) is 2.55. The summed E-state index contributed by atoms with van der Waals surface area (Å²) < 4.78 is 0. The highest BCUT2D eigenvalue weighted by atomic mass is 35.5. The van der Waals surface area contributed by atoms with Gasteiger partial charge in [-0.25, -0.2) is 0 Å². The number of carbonyl (C=O) groups excluding carboxylic acids is 2. The lowest BCUT2D eigenvalue weighted by atomic mass is 10.2. The standard InChI is InChI=1S/C12H12Cl2N2O2/c1-7-6-10(17)15-8-4-2-3-5-9(8)16(7)12(18)11(13)14/h2-5,7,11H,6H2,1H3,(H,15,17)/t7-/m1/s1. The van der Waals surface area contributed by atoms with Gasteiger partial charge in [0.15, 0.2) is 4.84 Å². The van der Waals surface area contributed by atoms with Gasteiger partial charge in [-0.15, -0.1) is 0 Å². The van der Waals surface area contributed by atoms with Gasteiger partial charge in [0.25, 0.3) is 5.91 Å². The van der Waals surface area contributed by atoms with Crippen LogP contribution < -0.4 is 10.2 Å². The van der Waals surface area contributed by atoms with Crippen molar-refractivity contribution in [2.75, 3.05) is 10.2 Å². The Morgan fingerprint density at radius 3 is 2.78 bits per heavy atom. The number of amides is 2. The molecule has 0 unspecified atom stereocenters. The van der Waals surface area contributed by atoms with Gasteiger partial charge in [-0.05, 0) is 19.1 Å². The SMILES string of the molecule is C[C@@H]1CC(=O)Nc2ccccc2N1C(=O)C(Cl)Cl. The zero-order valence-electron chi connectivity index (χ0n) is 9.69. The first-order valence-electron chi connectivity index (χ1n) is 5.51. The number of nitrogens with one attached hydrogen (secondary N) is 1. The molecule has 2 rings (SSSR count). The van der Waals surface area contributed by atoms with Crippen LogP contribution in [0.1, 0.15) is 13.3 Å². The molecule has 6 heteroatoms. The van der Waals surface area contributed by atoms with Crippen molar-refractivity contribution in [2.45, 2.75) is 24.2 Å². The summed E-state index contributed by atoms with van der Waals surface area (Å²) in [5.41, 5.74) is 1.21. The molecule has 0 saturated carbocycles. The minimum Gasteiger partial charge on any atom is -0.324 e. The fourth-order valence-corrected chi connectivity index (χ4v) is 2.24. The Labute approximate surface area is 115 Å². The Bertz CT molecular complexity index is 491. The summed E-state index contributed by atoms with van der Waals surface area (Å²) in [5.74, 6) is -0.555. The lowest BCUT2D eigenvalue weighted by Crippen LogP contribution is -2.41. The van der Waals surface area contributed by atoms with Gasteiger partial charge in [0.2, 0.25) is 5.91 Å². The van der Waals surface area contributed by atoms with Crippen LogP contribution in [-0.4, -0.2) is 22.7 Å². The zero-order valence-corrected chi connectivity index (χ0v) is 11.2. The molecule has 0 fully saturated rings. The van der Waals surface area contributed by atoms with E-state index in [0.29, 0.717) is 11.4 Å². The third-order valence-corrected chi connectivity index (χ3v) is 3.16. The molecule has 1 aliphatic heterocycles. The molecular weight excluding hydrogens is 275 g/mol. The molecule has 1 aromatic carbocycles. The summed E-state index contributed by atoms with van der Waals surface area (Å²) in [5, 5.41) is 2.76. The van der Waals surface area contributed by atoms with Crippen LogP contribution in [0.4, 0.5) is 11.4 Å². The number of hydrogen-bond acceptors (Lipinski definition) is 2. The fourth-order valence-electron chi connectivity index (χ4n) is 2.03. The molecule has 4 nitrogen and oxygen atoms in total. The quantitative estimate of drug-likeness (QED) is 0.807. The molecule has 0 saturated heterocycles. The highest BCUT2D eigenvalue weighted by molar-refractivity contribution is 6.54. The second-order valence-electron chi connectivity index (χ2n) is 4.13. The number of nitrogens with zero attached hydrogens (tertiary/aromatic N) is 1. The Morgan fingerprint density at radius 1 is 1.44 bits per heavy atom. The molecule has 0 bridgehead atoms. The molecule has 18 heavy (non-hydrogen) atoms. The highest BCUT2D eigenvalue weighted by Gasteiger charge is 2.31. The fraction of sp³-hybridized carbons (Fsp3) is 0.333. The van der Waals surface area contributed by atoms with Crippen LogP contribution in [0.2, 0.25) is 0 Å². The number of anilines is 2. The van der Waals surface area contributed by atoms with Crippen molar-refractivity contribution in [3.8, 4) is 0 Å². The normalized spacial score (nSPS) is 19.2. The van der Waals surface area contributed by atoms with Crippen molar-refractivity contribution in [3.63, 3.8) is 0 Å². The van der Waals surface area contributed by atoms with Gasteiger partial charge in [0, 0.05) is 12.5 Å². The maximum Gasteiger partial charge on any atom is 0.260 e. The summed E-state index contributed by atoms with van der Waals surface area (Å²) in [6, 6.07) is 6.78. The number of fused-ring (bicyclic) bond motifs is 1. The lowest BCUT2D eigenvalue weighted by Gasteiger charge is -2.28. The Hall–Kier alpha value is -1.26. The molecule has 0 aromatic heterocycles. The first kappa shape index (κ1) is 13.2. The van der Waals surface area contributed by atoms with Gasteiger partial charge in [-0.3, -0.25) is 9.59 Å². The number of alkyl halides is 2. The van der Waals surface area contributed by atoms with Crippen molar-refractivity contribution in [2.24, 2.45) is 0 Å². The summed E-state index contributed by atoms with van der Waals surface area (Å²) in [4.78, 5) is 24.1. The maximum absolute atomic E-state index is 12.1. The first-order valence-corrected chi connectivity index (χ1v) is 6.38. The Kier molecular flexibility index (Phi) is 3.78. The summed E-state index contributed by atoms with van der Waals surface area (Å²) in [7, 11) is 0. The molecular formula is C12H12Cl2N2O2.